The van der Waals surface area contributed by atoms with Crippen molar-refractivity contribution in [3.8, 4) is 0 Å². The number of rotatable bonds is 4. The fourth-order valence-corrected chi connectivity index (χ4v) is 5.97. The molecule has 0 amide bonds. The van der Waals surface area contributed by atoms with Gasteiger partial charge in [0.1, 0.15) is 5.82 Å². The average Bonchev–Trinajstić information content (AvgIpc) is 2.84. The van der Waals surface area contributed by atoms with Crippen LogP contribution < -0.4 is 21.3 Å². The van der Waals surface area contributed by atoms with Crippen molar-refractivity contribution in [3.63, 3.8) is 0 Å². The standard InChI is InChI=1S/C25H26N4O2S/c1-19-18-28(32(30,31)21-12-6-3-7-13-21)16-17-29(19)25-23-15-9-8-14-22(23)24(26-27-25)20-10-4-2-5-11-20/h2-15,19,26-27H,16-18H2,1H3/t19-/m1/s1. The third kappa shape index (κ3) is 3.63. The molecular formula is C25H26N4O2S. The molecule has 2 aliphatic rings. The molecule has 3 aromatic rings. The van der Waals surface area contributed by atoms with E-state index < -0.39 is 10.0 Å². The molecule has 7 heteroatoms. The van der Waals surface area contributed by atoms with Crippen LogP contribution in [0, 0.1) is 0 Å². The van der Waals surface area contributed by atoms with Gasteiger partial charge in [-0.05, 0) is 19.1 Å². The maximum absolute atomic E-state index is 13.1. The summed E-state index contributed by atoms with van der Waals surface area (Å²) in [6.45, 7) is 3.54. The van der Waals surface area contributed by atoms with E-state index in [2.05, 4.69) is 46.9 Å². The van der Waals surface area contributed by atoms with Gasteiger partial charge in [-0.2, -0.15) is 4.31 Å². The summed E-state index contributed by atoms with van der Waals surface area (Å²) in [5, 5.41) is 2.23. The fraction of sp³-hybridized carbons (Fsp3) is 0.200. The molecule has 1 atom stereocenters. The van der Waals surface area contributed by atoms with Gasteiger partial charge in [0.25, 0.3) is 0 Å². The Hall–Kier alpha value is -3.29. The van der Waals surface area contributed by atoms with Gasteiger partial charge >= 0.3 is 0 Å². The van der Waals surface area contributed by atoms with Gasteiger partial charge in [0.2, 0.25) is 10.0 Å². The minimum absolute atomic E-state index is 0.0119. The topological polar surface area (TPSA) is 64.7 Å². The van der Waals surface area contributed by atoms with E-state index in [0.29, 0.717) is 24.5 Å². The van der Waals surface area contributed by atoms with Gasteiger partial charge in [-0.3, -0.25) is 10.9 Å². The van der Waals surface area contributed by atoms with Gasteiger partial charge in [-0.15, -0.1) is 0 Å². The molecule has 1 saturated heterocycles. The van der Waals surface area contributed by atoms with Crippen LogP contribution in [-0.2, 0) is 10.0 Å². The van der Waals surface area contributed by atoms with E-state index >= 15 is 0 Å². The number of hydrogen-bond acceptors (Lipinski definition) is 5. The summed E-state index contributed by atoms with van der Waals surface area (Å²) in [4.78, 5) is 2.60. The number of piperazine rings is 1. The number of nitrogens with zero attached hydrogens (tertiary/aromatic N) is 2. The van der Waals surface area contributed by atoms with E-state index in [-0.39, 0.29) is 6.04 Å². The van der Waals surface area contributed by atoms with E-state index in [1.165, 1.54) is 0 Å². The van der Waals surface area contributed by atoms with Crippen LogP contribution in [-0.4, -0.2) is 43.3 Å². The Balaban J connectivity index is 1.50. The van der Waals surface area contributed by atoms with Crippen LogP contribution in [0.4, 0.5) is 0 Å². The van der Waals surface area contributed by atoms with Crippen LogP contribution in [0.1, 0.15) is 12.5 Å². The molecule has 2 heterocycles. The second-order valence-corrected chi connectivity index (χ2v) is 10.0. The normalized spacial score (nSPS) is 19.2. The molecule has 0 saturated carbocycles. The molecule has 0 radical (unpaired) electrons. The third-order valence-electron chi connectivity index (χ3n) is 6.08. The van der Waals surface area contributed by atoms with Gasteiger partial charge < -0.3 is 4.90 Å². The van der Waals surface area contributed by atoms with E-state index in [0.717, 1.165) is 27.5 Å². The van der Waals surface area contributed by atoms with Gasteiger partial charge in [0, 0.05) is 41.7 Å². The highest BCUT2D eigenvalue weighted by Gasteiger charge is 2.33. The van der Waals surface area contributed by atoms with Gasteiger partial charge in [-0.25, -0.2) is 8.42 Å². The van der Waals surface area contributed by atoms with Crippen molar-refractivity contribution in [2.24, 2.45) is 0 Å². The van der Waals surface area contributed by atoms with E-state index in [1.807, 2.05) is 36.4 Å². The highest BCUT2D eigenvalue weighted by molar-refractivity contribution is 7.89. The maximum atomic E-state index is 13.1. The molecule has 5 rings (SSSR count). The second kappa shape index (κ2) is 8.33. The summed E-state index contributed by atoms with van der Waals surface area (Å²) in [5.41, 5.74) is 8.92. The average molecular weight is 447 g/mol. The monoisotopic (exact) mass is 446 g/mol. The molecule has 0 bridgehead atoms. The summed E-state index contributed by atoms with van der Waals surface area (Å²) < 4.78 is 27.8. The molecule has 0 unspecified atom stereocenters. The van der Waals surface area contributed by atoms with Crippen LogP contribution in [0.25, 0.3) is 11.5 Å². The van der Waals surface area contributed by atoms with E-state index in [4.69, 9.17) is 0 Å². The lowest BCUT2D eigenvalue weighted by Crippen LogP contribution is -2.59. The van der Waals surface area contributed by atoms with Crippen molar-refractivity contribution in [2.45, 2.75) is 17.9 Å². The summed E-state index contributed by atoms with van der Waals surface area (Å²) in [7, 11) is -3.50. The Morgan fingerprint density at radius 3 is 2.09 bits per heavy atom. The number of hydrogen-bond donors (Lipinski definition) is 2. The van der Waals surface area contributed by atoms with Crippen molar-refractivity contribution in [1.82, 2.24) is 20.1 Å². The van der Waals surface area contributed by atoms with Crippen LogP contribution in [0.15, 0.2) is 89.8 Å². The number of hydrazine groups is 1. The van der Waals surface area contributed by atoms with Crippen LogP contribution in [0.3, 0.4) is 0 Å². The number of sulfonamides is 1. The predicted molar refractivity (Wildman–Crippen MR) is 126 cm³/mol. The van der Waals surface area contributed by atoms with Crippen LogP contribution >= 0.6 is 0 Å². The highest BCUT2D eigenvalue weighted by Crippen LogP contribution is 2.22. The first-order valence-corrected chi connectivity index (χ1v) is 12.2. The maximum Gasteiger partial charge on any atom is 0.243 e. The van der Waals surface area contributed by atoms with Crippen molar-refractivity contribution in [1.29, 1.82) is 0 Å². The number of nitrogens with one attached hydrogen (secondary N) is 2. The lowest BCUT2D eigenvalue weighted by Gasteiger charge is -2.42. The van der Waals surface area contributed by atoms with E-state index in [1.54, 1.807) is 28.6 Å². The minimum atomic E-state index is -3.50. The Labute approximate surface area is 188 Å². The van der Waals surface area contributed by atoms with Crippen molar-refractivity contribution in [2.75, 3.05) is 19.6 Å². The second-order valence-electron chi connectivity index (χ2n) is 8.10. The Bertz CT molecular complexity index is 1340. The molecule has 3 aromatic carbocycles. The van der Waals surface area contributed by atoms with Crippen molar-refractivity contribution < 1.29 is 8.42 Å². The Kier molecular flexibility index (Phi) is 5.36. The van der Waals surface area contributed by atoms with Gasteiger partial charge in [0.15, 0.2) is 0 Å². The first-order chi connectivity index (χ1) is 15.6. The smallest absolute Gasteiger partial charge is 0.243 e. The summed E-state index contributed by atoms with van der Waals surface area (Å²) in [6.07, 6.45) is 0. The summed E-state index contributed by atoms with van der Waals surface area (Å²) >= 11 is 0. The molecule has 6 nitrogen and oxygen atoms in total. The molecule has 0 aromatic heterocycles. The number of benzene rings is 3. The number of fused-ring (bicyclic) bond motifs is 1. The quantitative estimate of drug-likeness (QED) is 0.635. The molecule has 0 spiro atoms. The van der Waals surface area contributed by atoms with Gasteiger partial charge in [0.05, 0.1) is 10.6 Å². The largest absolute Gasteiger partial charge is 0.351 e. The minimum Gasteiger partial charge on any atom is -0.351 e. The zero-order valence-electron chi connectivity index (χ0n) is 17.9. The summed E-state index contributed by atoms with van der Waals surface area (Å²) in [5.74, 6) is 0.976. The Morgan fingerprint density at radius 2 is 1.41 bits per heavy atom. The lowest BCUT2D eigenvalue weighted by molar-refractivity contribution is 0.182. The van der Waals surface area contributed by atoms with E-state index in [9.17, 15) is 8.42 Å². The molecule has 32 heavy (non-hydrogen) atoms. The van der Waals surface area contributed by atoms with Crippen LogP contribution in [0.2, 0.25) is 0 Å². The molecule has 164 valence electrons. The summed E-state index contributed by atoms with van der Waals surface area (Å²) in [6, 6.07) is 27.2. The molecule has 1 fully saturated rings. The fourth-order valence-electron chi connectivity index (χ4n) is 4.44. The molecule has 2 N–H and O–H groups in total. The zero-order valence-corrected chi connectivity index (χ0v) is 18.7. The Morgan fingerprint density at radius 1 is 0.781 bits per heavy atom. The predicted octanol–water partition coefficient (Wildman–Crippen LogP) is 1.41. The van der Waals surface area contributed by atoms with Crippen molar-refractivity contribution >= 4 is 21.5 Å². The van der Waals surface area contributed by atoms with Crippen molar-refractivity contribution in [3.05, 3.63) is 101 Å². The first-order valence-electron chi connectivity index (χ1n) is 10.8. The first kappa shape index (κ1) is 20.6. The zero-order chi connectivity index (χ0) is 22.1. The SMILES string of the molecule is C[C@@H]1CN(S(=O)(=O)c2ccccc2)CCN1C1=c2ccccc2=C(c2ccccc2)NN1. The molecule has 2 aliphatic heterocycles. The highest BCUT2D eigenvalue weighted by atomic mass is 32.2. The molecule has 0 aliphatic carbocycles. The van der Waals surface area contributed by atoms with Crippen LogP contribution in [0.5, 0.6) is 0 Å². The van der Waals surface area contributed by atoms with Gasteiger partial charge in [-0.1, -0.05) is 72.8 Å². The third-order valence-corrected chi connectivity index (χ3v) is 7.96. The molecular weight excluding hydrogens is 420 g/mol. The lowest BCUT2D eigenvalue weighted by atomic mass is 10.1.